The molecule has 2 aromatic carbocycles. The van der Waals surface area contributed by atoms with Crippen LogP contribution < -0.4 is 4.74 Å². The number of halogens is 1. The second kappa shape index (κ2) is 6.52. The maximum atomic E-state index is 11.1. The molecule has 0 heterocycles. The van der Waals surface area contributed by atoms with E-state index in [2.05, 4.69) is 15.9 Å². The smallest absolute Gasteiger partial charge is 0.276 e. The maximum Gasteiger partial charge on any atom is 0.276 e. The highest BCUT2D eigenvalue weighted by atomic mass is 79.9. The molecule has 0 bridgehead atoms. The van der Waals surface area contributed by atoms with Gasteiger partial charge < -0.3 is 4.74 Å². The number of nitro groups is 1. The second-order valence-electron chi connectivity index (χ2n) is 4.33. The maximum absolute atomic E-state index is 11.1. The standard InChI is InChI=1S/C15H14BrNO3/c1-20-13-8-7-12(15(10-13)17(18)19)9-14(16)11-5-3-2-4-6-11/h2-8,10,14H,9H2,1H3. The van der Waals surface area contributed by atoms with E-state index in [0.717, 1.165) is 5.56 Å². The van der Waals surface area contributed by atoms with E-state index in [4.69, 9.17) is 4.74 Å². The van der Waals surface area contributed by atoms with E-state index in [1.807, 2.05) is 30.3 Å². The summed E-state index contributed by atoms with van der Waals surface area (Å²) in [7, 11) is 1.50. The van der Waals surface area contributed by atoms with Crippen LogP contribution in [0.2, 0.25) is 0 Å². The molecule has 0 radical (unpaired) electrons. The van der Waals surface area contributed by atoms with Crippen molar-refractivity contribution in [3.63, 3.8) is 0 Å². The van der Waals surface area contributed by atoms with Crippen molar-refractivity contribution in [2.45, 2.75) is 11.2 Å². The summed E-state index contributed by atoms with van der Waals surface area (Å²) >= 11 is 3.59. The first-order valence-corrected chi connectivity index (χ1v) is 7.03. The van der Waals surface area contributed by atoms with Crippen LogP contribution in [0.25, 0.3) is 0 Å². The third-order valence-corrected chi connectivity index (χ3v) is 3.90. The molecule has 0 aliphatic rings. The van der Waals surface area contributed by atoms with Crippen LogP contribution in [0.4, 0.5) is 5.69 Å². The molecule has 2 aromatic rings. The Morgan fingerprint density at radius 1 is 1.25 bits per heavy atom. The number of rotatable bonds is 5. The van der Waals surface area contributed by atoms with Gasteiger partial charge in [-0.05, 0) is 24.1 Å². The molecule has 5 heteroatoms. The van der Waals surface area contributed by atoms with E-state index in [9.17, 15) is 10.1 Å². The van der Waals surface area contributed by atoms with E-state index < -0.39 is 0 Å². The highest BCUT2D eigenvalue weighted by molar-refractivity contribution is 9.09. The van der Waals surface area contributed by atoms with Gasteiger partial charge in [0.15, 0.2) is 0 Å². The molecule has 0 amide bonds. The Morgan fingerprint density at radius 2 is 1.95 bits per heavy atom. The van der Waals surface area contributed by atoms with Crippen molar-refractivity contribution >= 4 is 21.6 Å². The van der Waals surface area contributed by atoms with Gasteiger partial charge in [-0.3, -0.25) is 10.1 Å². The van der Waals surface area contributed by atoms with Gasteiger partial charge in [-0.2, -0.15) is 0 Å². The minimum absolute atomic E-state index is 0.0378. The zero-order valence-corrected chi connectivity index (χ0v) is 12.5. The lowest BCUT2D eigenvalue weighted by molar-refractivity contribution is -0.385. The van der Waals surface area contributed by atoms with Crippen LogP contribution in [0.5, 0.6) is 5.75 Å². The van der Waals surface area contributed by atoms with Crippen molar-refractivity contribution in [2.24, 2.45) is 0 Å². The van der Waals surface area contributed by atoms with Gasteiger partial charge in [0, 0.05) is 10.4 Å². The van der Waals surface area contributed by atoms with Crippen LogP contribution in [0, 0.1) is 10.1 Å². The monoisotopic (exact) mass is 335 g/mol. The normalized spacial score (nSPS) is 11.9. The van der Waals surface area contributed by atoms with Gasteiger partial charge >= 0.3 is 0 Å². The zero-order chi connectivity index (χ0) is 14.5. The summed E-state index contributed by atoms with van der Waals surface area (Å²) in [6, 6.07) is 14.8. The number of nitrogens with zero attached hydrogens (tertiary/aromatic N) is 1. The summed E-state index contributed by atoms with van der Waals surface area (Å²) in [4.78, 5) is 10.8. The van der Waals surface area contributed by atoms with Crippen LogP contribution in [-0.2, 0) is 6.42 Å². The summed E-state index contributed by atoms with van der Waals surface area (Å²) in [5.41, 5.74) is 1.86. The summed E-state index contributed by atoms with van der Waals surface area (Å²) in [5, 5.41) is 11.1. The lowest BCUT2D eigenvalue weighted by atomic mass is 10.0. The van der Waals surface area contributed by atoms with Crippen LogP contribution in [0.15, 0.2) is 48.5 Å². The number of hydrogen-bond donors (Lipinski definition) is 0. The molecule has 0 aliphatic carbocycles. The van der Waals surface area contributed by atoms with E-state index in [1.165, 1.54) is 13.2 Å². The number of benzene rings is 2. The van der Waals surface area contributed by atoms with Gasteiger partial charge in [0.25, 0.3) is 5.69 Å². The molecule has 0 aliphatic heterocycles. The summed E-state index contributed by atoms with van der Waals surface area (Å²) < 4.78 is 5.03. The Morgan fingerprint density at radius 3 is 2.55 bits per heavy atom. The number of ether oxygens (including phenoxy) is 1. The van der Waals surface area contributed by atoms with Crippen molar-refractivity contribution in [3.05, 3.63) is 69.8 Å². The lowest BCUT2D eigenvalue weighted by Crippen LogP contribution is -2.00. The SMILES string of the molecule is COc1ccc(CC(Br)c2ccccc2)c([N+](=O)[O-])c1. The third kappa shape index (κ3) is 3.36. The number of nitro benzene ring substituents is 1. The highest BCUT2D eigenvalue weighted by Gasteiger charge is 2.18. The fourth-order valence-electron chi connectivity index (χ4n) is 1.99. The Hall–Kier alpha value is -1.88. The molecule has 0 aromatic heterocycles. The third-order valence-electron chi connectivity index (χ3n) is 3.05. The Balaban J connectivity index is 2.27. The van der Waals surface area contributed by atoms with E-state index in [-0.39, 0.29) is 15.4 Å². The molecular weight excluding hydrogens is 322 g/mol. The van der Waals surface area contributed by atoms with Crippen molar-refractivity contribution in [1.29, 1.82) is 0 Å². The molecule has 0 spiro atoms. The van der Waals surface area contributed by atoms with E-state index >= 15 is 0 Å². The van der Waals surface area contributed by atoms with Gasteiger partial charge in [0.1, 0.15) is 5.75 Å². The molecule has 1 unspecified atom stereocenters. The highest BCUT2D eigenvalue weighted by Crippen LogP contribution is 2.32. The van der Waals surface area contributed by atoms with Crippen molar-refractivity contribution in [3.8, 4) is 5.75 Å². The van der Waals surface area contributed by atoms with Gasteiger partial charge in [-0.1, -0.05) is 46.3 Å². The van der Waals surface area contributed by atoms with Crippen LogP contribution >= 0.6 is 15.9 Å². The molecule has 2 rings (SSSR count). The molecule has 1 atom stereocenters. The topological polar surface area (TPSA) is 52.4 Å². The lowest BCUT2D eigenvalue weighted by Gasteiger charge is -2.11. The van der Waals surface area contributed by atoms with Gasteiger partial charge in [0.2, 0.25) is 0 Å². The summed E-state index contributed by atoms with van der Waals surface area (Å²) in [5.74, 6) is 0.492. The Labute approximate surface area is 125 Å². The molecular formula is C15H14BrNO3. The predicted octanol–water partition coefficient (Wildman–Crippen LogP) is 4.28. The van der Waals surface area contributed by atoms with Crippen LogP contribution in [0.1, 0.15) is 16.0 Å². The molecule has 0 fully saturated rings. The number of hydrogen-bond acceptors (Lipinski definition) is 3. The fraction of sp³-hybridized carbons (Fsp3) is 0.200. The molecule has 0 N–H and O–H groups in total. The van der Waals surface area contributed by atoms with Crippen LogP contribution in [0.3, 0.4) is 0 Å². The second-order valence-corrected chi connectivity index (χ2v) is 5.44. The quantitative estimate of drug-likeness (QED) is 0.465. The molecule has 4 nitrogen and oxygen atoms in total. The minimum atomic E-state index is -0.372. The Bertz CT molecular complexity index is 601. The van der Waals surface area contributed by atoms with Crippen LogP contribution in [-0.4, -0.2) is 12.0 Å². The fourth-order valence-corrected chi connectivity index (χ4v) is 2.64. The number of alkyl halides is 1. The van der Waals surface area contributed by atoms with Crippen molar-refractivity contribution in [1.82, 2.24) is 0 Å². The van der Waals surface area contributed by atoms with E-state index in [1.54, 1.807) is 12.1 Å². The molecule has 20 heavy (non-hydrogen) atoms. The minimum Gasteiger partial charge on any atom is -0.497 e. The predicted molar refractivity (Wildman–Crippen MR) is 81.5 cm³/mol. The average Bonchev–Trinajstić information content (AvgIpc) is 2.48. The van der Waals surface area contributed by atoms with Gasteiger partial charge in [-0.15, -0.1) is 0 Å². The summed E-state index contributed by atoms with van der Waals surface area (Å²) in [6.45, 7) is 0. The van der Waals surface area contributed by atoms with Gasteiger partial charge in [0.05, 0.1) is 18.1 Å². The largest absolute Gasteiger partial charge is 0.497 e. The van der Waals surface area contributed by atoms with Gasteiger partial charge in [-0.25, -0.2) is 0 Å². The first-order chi connectivity index (χ1) is 9.61. The first kappa shape index (κ1) is 14.5. The zero-order valence-electron chi connectivity index (χ0n) is 11.0. The molecule has 104 valence electrons. The van der Waals surface area contributed by atoms with Crippen molar-refractivity contribution in [2.75, 3.05) is 7.11 Å². The Kier molecular flexibility index (Phi) is 4.74. The van der Waals surface area contributed by atoms with E-state index in [0.29, 0.717) is 17.7 Å². The molecule has 0 saturated heterocycles. The number of methoxy groups -OCH3 is 1. The van der Waals surface area contributed by atoms with Crippen molar-refractivity contribution < 1.29 is 9.66 Å². The summed E-state index contributed by atoms with van der Waals surface area (Å²) in [6.07, 6.45) is 0.546. The molecule has 0 saturated carbocycles. The average molecular weight is 336 g/mol. The first-order valence-electron chi connectivity index (χ1n) is 6.12.